The van der Waals surface area contributed by atoms with E-state index in [4.69, 9.17) is 8.83 Å². The summed E-state index contributed by atoms with van der Waals surface area (Å²) < 4.78 is 12.2. The fraction of sp³-hybridized carbons (Fsp3) is 0.240. The van der Waals surface area contributed by atoms with E-state index in [1.165, 1.54) is 0 Å². The third-order valence-electron chi connectivity index (χ3n) is 5.67. The number of amides is 1. The van der Waals surface area contributed by atoms with Crippen molar-refractivity contribution in [3.8, 4) is 11.1 Å². The Labute approximate surface area is 197 Å². The topological polar surface area (TPSA) is 113 Å². The maximum absolute atomic E-state index is 12.6. The highest BCUT2D eigenvalue weighted by Crippen LogP contribution is 2.35. The summed E-state index contributed by atoms with van der Waals surface area (Å²) >= 11 is 3.43. The summed E-state index contributed by atoms with van der Waals surface area (Å²) in [6.07, 6.45) is 2.18. The fourth-order valence-electron chi connectivity index (χ4n) is 3.91. The van der Waals surface area contributed by atoms with E-state index in [2.05, 4.69) is 21.2 Å². The first-order chi connectivity index (χ1) is 15.8. The van der Waals surface area contributed by atoms with Gasteiger partial charge in [-0.15, -0.1) is 0 Å². The van der Waals surface area contributed by atoms with Crippen molar-refractivity contribution in [1.29, 1.82) is 0 Å². The number of carboxylic acids is 1. The summed E-state index contributed by atoms with van der Waals surface area (Å²) in [6.45, 7) is 3.55. The maximum Gasteiger partial charge on any atom is 0.340 e. The molecule has 0 aliphatic carbocycles. The Kier molecular flexibility index (Phi) is 6.37. The summed E-state index contributed by atoms with van der Waals surface area (Å²) in [4.78, 5) is 36.3. The van der Waals surface area contributed by atoms with Crippen LogP contribution in [-0.4, -0.2) is 17.9 Å². The second kappa shape index (κ2) is 9.23. The minimum absolute atomic E-state index is 0.182. The molecular weight excluding hydrogens is 490 g/mol. The number of rotatable bonds is 7. The molecule has 0 aliphatic heterocycles. The molecule has 0 saturated carbocycles. The molecule has 0 spiro atoms. The molecule has 33 heavy (non-hydrogen) atoms. The number of carbonyl (C=O) groups is 2. The number of carboxylic acid groups (broad SMARTS) is 1. The predicted molar refractivity (Wildman–Crippen MR) is 126 cm³/mol. The van der Waals surface area contributed by atoms with Crippen molar-refractivity contribution >= 4 is 49.7 Å². The third-order valence-corrected chi connectivity index (χ3v) is 6.20. The van der Waals surface area contributed by atoms with E-state index in [0.29, 0.717) is 28.5 Å². The van der Waals surface area contributed by atoms with Gasteiger partial charge in [-0.05, 0) is 42.7 Å². The van der Waals surface area contributed by atoms with Gasteiger partial charge in [0.25, 0.3) is 0 Å². The fourth-order valence-corrected chi connectivity index (χ4v) is 4.18. The van der Waals surface area contributed by atoms with Crippen molar-refractivity contribution in [3.63, 3.8) is 0 Å². The van der Waals surface area contributed by atoms with Crippen LogP contribution in [0.1, 0.15) is 30.9 Å². The number of hydrogen-bond acceptors (Lipinski definition) is 6. The Morgan fingerprint density at radius 1 is 1.12 bits per heavy atom. The van der Waals surface area contributed by atoms with Crippen LogP contribution in [0.4, 0.5) is 0 Å². The van der Waals surface area contributed by atoms with Gasteiger partial charge in [-0.25, -0.2) is 4.79 Å². The largest absolute Gasteiger partial charge is 0.548 e. The minimum Gasteiger partial charge on any atom is -0.548 e. The number of aliphatic carboxylic acids is 1. The Hall–Kier alpha value is -3.39. The number of furan rings is 1. The van der Waals surface area contributed by atoms with Crippen molar-refractivity contribution in [1.82, 2.24) is 5.32 Å². The average Bonchev–Trinajstić information content (AvgIpc) is 3.18. The molecule has 8 heteroatoms. The maximum atomic E-state index is 12.6. The van der Waals surface area contributed by atoms with Gasteiger partial charge in [-0.2, -0.15) is 0 Å². The van der Waals surface area contributed by atoms with Gasteiger partial charge < -0.3 is 24.1 Å². The van der Waals surface area contributed by atoms with Crippen molar-refractivity contribution < 1.29 is 23.5 Å². The van der Waals surface area contributed by atoms with Crippen molar-refractivity contribution in [3.05, 3.63) is 68.7 Å². The Morgan fingerprint density at radius 3 is 2.52 bits per heavy atom. The number of aryl methyl sites for hydroxylation is 1. The minimum atomic E-state index is -1.35. The zero-order chi connectivity index (χ0) is 23.7. The predicted octanol–water partition coefficient (Wildman–Crippen LogP) is 3.85. The second-order valence-corrected chi connectivity index (χ2v) is 8.81. The molecule has 2 aromatic heterocycles. The van der Waals surface area contributed by atoms with Crippen LogP contribution in [0.25, 0.3) is 33.1 Å². The van der Waals surface area contributed by atoms with Crippen LogP contribution in [-0.2, 0) is 16.0 Å². The normalized spacial score (nSPS) is 12.2. The van der Waals surface area contributed by atoms with Gasteiger partial charge in [0.15, 0.2) is 0 Å². The molecule has 2 heterocycles. The van der Waals surface area contributed by atoms with Crippen LogP contribution in [0, 0.1) is 6.92 Å². The SMILES string of the molecule is CCC[C@H](NC(=O)Cc1c(C)c2cc3c(-c4ccc(Br)cc4)coc3cc2oc1=O)C(=O)[O-]. The Morgan fingerprint density at radius 2 is 1.85 bits per heavy atom. The first-order valence-electron chi connectivity index (χ1n) is 10.5. The molecule has 1 atom stereocenters. The lowest BCUT2D eigenvalue weighted by Crippen LogP contribution is -2.48. The molecule has 0 bridgehead atoms. The van der Waals surface area contributed by atoms with E-state index >= 15 is 0 Å². The van der Waals surface area contributed by atoms with E-state index in [9.17, 15) is 19.5 Å². The zero-order valence-electron chi connectivity index (χ0n) is 18.1. The molecule has 1 amide bonds. The van der Waals surface area contributed by atoms with Crippen LogP contribution >= 0.6 is 15.9 Å². The van der Waals surface area contributed by atoms with Gasteiger partial charge in [0.2, 0.25) is 5.91 Å². The van der Waals surface area contributed by atoms with Crippen LogP contribution in [0.15, 0.2) is 60.8 Å². The number of benzene rings is 2. The smallest absolute Gasteiger partial charge is 0.340 e. The highest BCUT2D eigenvalue weighted by molar-refractivity contribution is 9.10. The summed E-state index contributed by atoms with van der Waals surface area (Å²) in [5.41, 5.74) is 2.92. The Bertz CT molecular complexity index is 1420. The summed E-state index contributed by atoms with van der Waals surface area (Å²) in [7, 11) is 0. The van der Waals surface area contributed by atoms with Gasteiger partial charge >= 0.3 is 5.63 Å². The van der Waals surface area contributed by atoms with Crippen LogP contribution < -0.4 is 16.0 Å². The molecular formula is C25H21BrNO6-. The molecule has 1 N–H and O–H groups in total. The lowest BCUT2D eigenvalue weighted by Gasteiger charge is -2.19. The first kappa shape index (κ1) is 22.8. The molecule has 0 radical (unpaired) electrons. The number of fused-ring (bicyclic) bond motifs is 2. The molecule has 4 rings (SSSR count). The lowest BCUT2D eigenvalue weighted by atomic mass is 9.99. The van der Waals surface area contributed by atoms with Gasteiger partial charge in [0.05, 0.1) is 30.3 Å². The van der Waals surface area contributed by atoms with Crippen molar-refractivity contribution in [2.75, 3.05) is 0 Å². The first-order valence-corrected chi connectivity index (χ1v) is 11.3. The molecule has 0 fully saturated rings. The molecule has 4 aromatic rings. The van der Waals surface area contributed by atoms with E-state index in [1.54, 1.807) is 19.3 Å². The highest BCUT2D eigenvalue weighted by atomic mass is 79.9. The zero-order valence-corrected chi connectivity index (χ0v) is 19.7. The lowest BCUT2D eigenvalue weighted by molar-refractivity contribution is -0.308. The van der Waals surface area contributed by atoms with Crippen molar-refractivity contribution in [2.45, 2.75) is 39.2 Å². The molecule has 0 saturated heterocycles. The van der Waals surface area contributed by atoms with Crippen molar-refractivity contribution in [2.24, 2.45) is 0 Å². The standard InChI is InChI=1S/C25H22BrNO6/c1-3-4-20(24(29)30)27-23(28)10-17-13(2)16-9-18-19(14-5-7-15(26)8-6-14)12-32-21(18)11-22(16)33-25(17)31/h5-9,11-12,20H,3-4,10H2,1-2H3,(H,27,28)(H,29,30)/p-1/t20-/m0/s1. The molecule has 170 valence electrons. The van der Waals surface area contributed by atoms with E-state index in [-0.39, 0.29) is 18.4 Å². The van der Waals surface area contributed by atoms with Gasteiger partial charge in [0.1, 0.15) is 11.2 Å². The van der Waals surface area contributed by atoms with Gasteiger partial charge in [-0.3, -0.25) is 4.79 Å². The Balaban J connectivity index is 1.74. The highest BCUT2D eigenvalue weighted by Gasteiger charge is 2.19. The monoisotopic (exact) mass is 510 g/mol. The third kappa shape index (κ3) is 4.57. The van der Waals surface area contributed by atoms with Crippen LogP contribution in [0.3, 0.4) is 0 Å². The van der Waals surface area contributed by atoms with Crippen LogP contribution in [0.5, 0.6) is 0 Å². The van der Waals surface area contributed by atoms with Crippen LogP contribution in [0.2, 0.25) is 0 Å². The molecule has 7 nitrogen and oxygen atoms in total. The molecule has 2 aromatic carbocycles. The summed E-state index contributed by atoms with van der Waals surface area (Å²) in [5, 5.41) is 15.2. The van der Waals surface area contributed by atoms with E-state index in [1.807, 2.05) is 37.3 Å². The molecule has 0 unspecified atom stereocenters. The summed E-state index contributed by atoms with van der Waals surface area (Å²) in [6, 6.07) is 10.3. The number of carbonyl (C=O) groups excluding carboxylic acids is 2. The van der Waals surface area contributed by atoms with Gasteiger partial charge in [0, 0.05) is 26.9 Å². The molecule has 0 aliphatic rings. The number of halogens is 1. The number of nitrogens with one attached hydrogen (secondary N) is 1. The van der Waals surface area contributed by atoms with Gasteiger partial charge in [-0.1, -0.05) is 41.4 Å². The second-order valence-electron chi connectivity index (χ2n) is 7.90. The van der Waals surface area contributed by atoms with E-state index < -0.39 is 23.5 Å². The summed E-state index contributed by atoms with van der Waals surface area (Å²) in [5.74, 6) is -1.93. The van der Waals surface area contributed by atoms with E-state index in [0.717, 1.165) is 21.0 Å². The average molecular weight is 511 g/mol. The quantitative estimate of drug-likeness (QED) is 0.377. The number of hydrogen-bond donors (Lipinski definition) is 1.